The van der Waals surface area contributed by atoms with Crippen LogP contribution in [0.4, 0.5) is 0 Å². The largest absolute Gasteiger partial charge is 0.478 e. The maximum atomic E-state index is 11.2. The van der Waals surface area contributed by atoms with Crippen molar-refractivity contribution in [1.82, 2.24) is 14.8 Å². The number of pyridine rings is 1. The van der Waals surface area contributed by atoms with Crippen LogP contribution in [0.3, 0.4) is 0 Å². The first-order chi connectivity index (χ1) is 9.56. The Bertz CT molecular complexity index is 807. The first-order valence-electron chi connectivity index (χ1n) is 5.91. The lowest BCUT2D eigenvalue weighted by Gasteiger charge is -2.05. The SMILES string of the molecule is Cc1nn(-c2ccc3c(C(=O)O)cccc3n2)cc1Cl. The number of aryl methyl sites for hydroxylation is 1. The first-order valence-corrected chi connectivity index (χ1v) is 6.29. The zero-order chi connectivity index (χ0) is 14.3. The second kappa shape index (κ2) is 4.61. The zero-order valence-electron chi connectivity index (χ0n) is 10.5. The lowest BCUT2D eigenvalue weighted by molar-refractivity contribution is 0.0699. The van der Waals surface area contributed by atoms with E-state index < -0.39 is 5.97 Å². The smallest absolute Gasteiger partial charge is 0.336 e. The fourth-order valence-corrected chi connectivity index (χ4v) is 2.14. The second-order valence-corrected chi connectivity index (χ2v) is 4.76. The number of nitrogens with zero attached hydrogens (tertiary/aromatic N) is 3. The van der Waals surface area contributed by atoms with Gasteiger partial charge in [0.15, 0.2) is 5.82 Å². The molecule has 3 rings (SSSR count). The highest BCUT2D eigenvalue weighted by atomic mass is 35.5. The molecule has 3 aromatic rings. The Labute approximate surface area is 119 Å². The van der Waals surface area contributed by atoms with Crippen LogP contribution in [0.25, 0.3) is 16.7 Å². The highest BCUT2D eigenvalue weighted by Gasteiger charge is 2.10. The van der Waals surface area contributed by atoms with Gasteiger partial charge in [0.25, 0.3) is 0 Å². The Hall–Kier alpha value is -2.40. The summed E-state index contributed by atoms with van der Waals surface area (Å²) in [6.45, 7) is 1.81. The van der Waals surface area contributed by atoms with Crippen molar-refractivity contribution >= 4 is 28.5 Å². The van der Waals surface area contributed by atoms with Gasteiger partial charge in [0.2, 0.25) is 0 Å². The van der Waals surface area contributed by atoms with Crippen LogP contribution in [0, 0.1) is 6.92 Å². The fraction of sp³-hybridized carbons (Fsp3) is 0.0714. The molecule has 1 aromatic carbocycles. The van der Waals surface area contributed by atoms with Crippen LogP contribution in [0.5, 0.6) is 0 Å². The maximum absolute atomic E-state index is 11.2. The molecule has 0 bridgehead atoms. The van der Waals surface area contributed by atoms with Gasteiger partial charge in [-0.3, -0.25) is 0 Å². The summed E-state index contributed by atoms with van der Waals surface area (Å²) in [6, 6.07) is 8.44. The number of carboxylic acids is 1. The molecule has 0 saturated heterocycles. The molecule has 0 aliphatic heterocycles. The maximum Gasteiger partial charge on any atom is 0.336 e. The summed E-state index contributed by atoms with van der Waals surface area (Å²) in [5.74, 6) is -0.377. The topological polar surface area (TPSA) is 68.0 Å². The van der Waals surface area contributed by atoms with Gasteiger partial charge in [-0.15, -0.1) is 0 Å². The molecule has 100 valence electrons. The summed E-state index contributed by atoms with van der Waals surface area (Å²) < 4.78 is 1.57. The minimum atomic E-state index is -0.969. The molecule has 2 aromatic heterocycles. The summed E-state index contributed by atoms with van der Waals surface area (Å²) in [5, 5.41) is 14.6. The van der Waals surface area contributed by atoms with Crippen LogP contribution >= 0.6 is 11.6 Å². The van der Waals surface area contributed by atoms with Gasteiger partial charge in [-0.05, 0) is 31.2 Å². The molecule has 0 amide bonds. The van der Waals surface area contributed by atoms with E-state index in [1.54, 1.807) is 41.2 Å². The predicted octanol–water partition coefficient (Wildman–Crippen LogP) is 3.08. The summed E-state index contributed by atoms with van der Waals surface area (Å²) in [5.41, 5.74) is 1.55. The van der Waals surface area contributed by atoms with Crippen LogP contribution in [0.15, 0.2) is 36.5 Å². The van der Waals surface area contributed by atoms with Crippen molar-refractivity contribution in [3.05, 3.63) is 52.8 Å². The Morgan fingerprint density at radius 1 is 1.30 bits per heavy atom. The van der Waals surface area contributed by atoms with Crippen molar-refractivity contribution in [2.24, 2.45) is 0 Å². The van der Waals surface area contributed by atoms with E-state index in [0.29, 0.717) is 27.4 Å². The summed E-state index contributed by atoms with van der Waals surface area (Å²) in [6.07, 6.45) is 1.67. The number of carbonyl (C=O) groups is 1. The highest BCUT2D eigenvalue weighted by Crippen LogP contribution is 2.20. The third-order valence-corrected chi connectivity index (χ3v) is 3.39. The molecule has 1 N–H and O–H groups in total. The van der Waals surface area contributed by atoms with Gasteiger partial charge in [-0.25, -0.2) is 14.5 Å². The molecular weight excluding hydrogens is 278 g/mol. The van der Waals surface area contributed by atoms with Gasteiger partial charge in [0.05, 0.1) is 28.0 Å². The molecular formula is C14H10ClN3O2. The van der Waals surface area contributed by atoms with E-state index in [0.717, 1.165) is 0 Å². The van der Waals surface area contributed by atoms with Crippen molar-refractivity contribution in [3.8, 4) is 5.82 Å². The molecule has 6 heteroatoms. The van der Waals surface area contributed by atoms with Crippen molar-refractivity contribution in [3.63, 3.8) is 0 Å². The fourth-order valence-electron chi connectivity index (χ4n) is 2.01. The molecule has 0 aliphatic carbocycles. The molecule has 0 fully saturated rings. The predicted molar refractivity (Wildman–Crippen MR) is 75.6 cm³/mol. The quantitative estimate of drug-likeness (QED) is 0.786. The molecule has 2 heterocycles. The normalized spacial score (nSPS) is 10.9. The van der Waals surface area contributed by atoms with Crippen LogP contribution in [0.2, 0.25) is 5.02 Å². The molecule has 0 unspecified atom stereocenters. The molecule has 0 aliphatic rings. The minimum absolute atomic E-state index is 0.233. The number of benzene rings is 1. The van der Waals surface area contributed by atoms with Gasteiger partial charge in [0, 0.05) is 5.39 Å². The average molecular weight is 288 g/mol. The summed E-state index contributed by atoms with van der Waals surface area (Å²) in [7, 11) is 0. The number of fused-ring (bicyclic) bond motifs is 1. The molecule has 0 spiro atoms. The van der Waals surface area contributed by atoms with E-state index in [-0.39, 0.29) is 5.56 Å². The molecule has 0 atom stereocenters. The number of rotatable bonds is 2. The Balaban J connectivity index is 2.19. The Morgan fingerprint density at radius 2 is 2.10 bits per heavy atom. The molecule has 20 heavy (non-hydrogen) atoms. The Morgan fingerprint density at radius 3 is 2.75 bits per heavy atom. The number of aromatic nitrogens is 3. The van der Waals surface area contributed by atoms with Gasteiger partial charge in [-0.1, -0.05) is 17.7 Å². The summed E-state index contributed by atoms with van der Waals surface area (Å²) in [4.78, 5) is 15.6. The van der Waals surface area contributed by atoms with E-state index >= 15 is 0 Å². The molecule has 0 saturated carbocycles. The van der Waals surface area contributed by atoms with Crippen molar-refractivity contribution in [1.29, 1.82) is 0 Å². The van der Waals surface area contributed by atoms with E-state index in [1.165, 1.54) is 0 Å². The zero-order valence-corrected chi connectivity index (χ0v) is 11.3. The first kappa shape index (κ1) is 12.6. The van der Waals surface area contributed by atoms with Crippen LogP contribution in [-0.2, 0) is 0 Å². The average Bonchev–Trinajstić information content (AvgIpc) is 2.77. The Kier molecular flexibility index (Phi) is 2.91. The monoisotopic (exact) mass is 287 g/mol. The molecule has 0 radical (unpaired) electrons. The lowest BCUT2D eigenvalue weighted by Crippen LogP contribution is -2.01. The van der Waals surface area contributed by atoms with Gasteiger partial charge < -0.3 is 5.11 Å². The van der Waals surface area contributed by atoms with E-state index in [2.05, 4.69) is 10.1 Å². The van der Waals surface area contributed by atoms with Crippen LogP contribution in [0.1, 0.15) is 16.1 Å². The second-order valence-electron chi connectivity index (χ2n) is 4.35. The minimum Gasteiger partial charge on any atom is -0.478 e. The van der Waals surface area contributed by atoms with E-state index in [9.17, 15) is 4.79 Å². The van der Waals surface area contributed by atoms with Gasteiger partial charge in [-0.2, -0.15) is 5.10 Å². The van der Waals surface area contributed by atoms with Crippen molar-refractivity contribution in [2.45, 2.75) is 6.92 Å². The van der Waals surface area contributed by atoms with Gasteiger partial charge >= 0.3 is 5.97 Å². The van der Waals surface area contributed by atoms with Gasteiger partial charge in [0.1, 0.15) is 0 Å². The van der Waals surface area contributed by atoms with E-state index in [1.807, 2.05) is 6.92 Å². The van der Waals surface area contributed by atoms with Crippen molar-refractivity contribution < 1.29 is 9.90 Å². The van der Waals surface area contributed by atoms with Crippen LogP contribution < -0.4 is 0 Å². The van der Waals surface area contributed by atoms with E-state index in [4.69, 9.17) is 16.7 Å². The number of carboxylic acid groups (broad SMARTS) is 1. The number of hydrogen-bond acceptors (Lipinski definition) is 3. The highest BCUT2D eigenvalue weighted by molar-refractivity contribution is 6.31. The lowest BCUT2D eigenvalue weighted by atomic mass is 10.1. The van der Waals surface area contributed by atoms with Crippen molar-refractivity contribution in [2.75, 3.05) is 0 Å². The standard InChI is InChI=1S/C14H10ClN3O2/c1-8-11(15)7-18(17-8)13-6-5-9-10(14(19)20)3-2-4-12(9)16-13/h2-7H,1H3,(H,19,20). The third-order valence-electron chi connectivity index (χ3n) is 3.02. The number of hydrogen-bond donors (Lipinski definition) is 1. The third kappa shape index (κ3) is 2.02. The number of halogens is 1. The molecule has 5 nitrogen and oxygen atoms in total. The summed E-state index contributed by atoms with van der Waals surface area (Å²) >= 11 is 5.98. The number of aromatic carboxylic acids is 1. The van der Waals surface area contributed by atoms with Crippen LogP contribution in [-0.4, -0.2) is 25.8 Å².